The van der Waals surface area contributed by atoms with Gasteiger partial charge in [0.1, 0.15) is 6.61 Å². The maximum Gasteiger partial charge on any atom is 0.312 e. The maximum atomic E-state index is 13.0. The van der Waals surface area contributed by atoms with Gasteiger partial charge in [-0.2, -0.15) is 0 Å². The Kier molecular flexibility index (Phi) is 4.90. The minimum atomic E-state index is -0.316. The van der Waals surface area contributed by atoms with E-state index in [1.165, 1.54) is 32.1 Å². The summed E-state index contributed by atoms with van der Waals surface area (Å²) in [5.41, 5.74) is 0.573. The van der Waals surface area contributed by atoms with Gasteiger partial charge in [-0.1, -0.05) is 26.2 Å². The van der Waals surface area contributed by atoms with E-state index in [-0.39, 0.29) is 22.2 Å². The number of fused-ring (bicyclic) bond motifs is 3. The molecule has 156 valence electrons. The fourth-order valence-corrected chi connectivity index (χ4v) is 8.65. The molecule has 4 fully saturated rings. The van der Waals surface area contributed by atoms with E-state index >= 15 is 0 Å². The number of carbonyl (C=O) groups excluding carboxylic acids is 1. The zero-order chi connectivity index (χ0) is 20.2. The lowest BCUT2D eigenvalue weighted by atomic mass is 9.40. The fourth-order valence-electron chi connectivity index (χ4n) is 8.65. The lowest BCUT2D eigenvalue weighted by Gasteiger charge is -2.64. The number of hydrogen-bond donors (Lipinski definition) is 0. The average Bonchev–Trinajstić information content (AvgIpc) is 2.84. The monoisotopic (exact) mass is 386 g/mol. The summed E-state index contributed by atoms with van der Waals surface area (Å²) >= 11 is 0. The molecule has 0 heterocycles. The minimum Gasteiger partial charge on any atom is -0.466 e. The molecule has 0 N–H and O–H groups in total. The Morgan fingerprint density at radius 2 is 1.86 bits per heavy atom. The second kappa shape index (κ2) is 6.76. The summed E-state index contributed by atoms with van der Waals surface area (Å²) in [4.78, 5) is 13.0. The van der Waals surface area contributed by atoms with Crippen LogP contribution in [0, 0.1) is 45.8 Å². The Bertz CT molecular complexity index is 680. The molecule has 0 aliphatic heterocycles. The molecule has 4 aliphatic carbocycles. The molecule has 0 amide bonds. The van der Waals surface area contributed by atoms with Crippen molar-refractivity contribution in [1.82, 2.24) is 0 Å². The highest BCUT2D eigenvalue weighted by atomic mass is 16.5. The lowest BCUT2D eigenvalue weighted by Crippen LogP contribution is -2.58. The fraction of sp³-hybridized carbons (Fsp3) is 0.880. The molecule has 0 aromatic heterocycles. The van der Waals surface area contributed by atoms with Gasteiger partial charge >= 0.3 is 5.97 Å². The van der Waals surface area contributed by atoms with Gasteiger partial charge in [-0.3, -0.25) is 4.79 Å². The van der Waals surface area contributed by atoms with Crippen LogP contribution in [0.3, 0.4) is 0 Å². The number of carbonyl (C=O) groups is 1. The third-order valence-corrected chi connectivity index (χ3v) is 9.68. The molecular weight excluding hydrogens is 348 g/mol. The molecule has 0 unspecified atom stereocenters. The molecule has 28 heavy (non-hydrogen) atoms. The van der Waals surface area contributed by atoms with Crippen LogP contribution in [0.5, 0.6) is 0 Å². The Morgan fingerprint density at radius 1 is 1.11 bits per heavy atom. The Labute approximate surface area is 171 Å². The first kappa shape index (κ1) is 20.3. The van der Waals surface area contributed by atoms with Crippen molar-refractivity contribution >= 4 is 5.97 Å². The van der Waals surface area contributed by atoms with Gasteiger partial charge in [0.15, 0.2) is 0 Å². The van der Waals surface area contributed by atoms with E-state index < -0.39 is 0 Å². The molecule has 0 radical (unpaired) electrons. The van der Waals surface area contributed by atoms with E-state index in [0.29, 0.717) is 36.6 Å². The zero-order valence-electron chi connectivity index (χ0n) is 18.3. The van der Waals surface area contributed by atoms with Gasteiger partial charge < -0.3 is 9.47 Å². The third kappa shape index (κ3) is 2.70. The predicted octanol–water partition coefficient (Wildman–Crippen LogP) is 5.37. The van der Waals surface area contributed by atoms with Gasteiger partial charge in [-0.15, -0.1) is 6.42 Å². The van der Waals surface area contributed by atoms with Gasteiger partial charge in [0.05, 0.1) is 18.1 Å². The zero-order valence-corrected chi connectivity index (χ0v) is 18.3. The first-order valence-electron chi connectivity index (χ1n) is 11.5. The van der Waals surface area contributed by atoms with Crippen molar-refractivity contribution in [2.75, 3.05) is 13.2 Å². The van der Waals surface area contributed by atoms with Crippen molar-refractivity contribution in [1.29, 1.82) is 0 Å². The molecule has 2 bridgehead atoms. The normalized spacial score (nSPS) is 49.6. The molecule has 4 aliphatic rings. The summed E-state index contributed by atoms with van der Waals surface area (Å²) in [5, 5.41) is 0. The second-order valence-electron chi connectivity index (χ2n) is 11.1. The summed E-state index contributed by atoms with van der Waals surface area (Å²) < 4.78 is 11.8. The van der Waals surface area contributed by atoms with Gasteiger partial charge in [-0.25, -0.2) is 0 Å². The van der Waals surface area contributed by atoms with Crippen LogP contribution >= 0.6 is 0 Å². The Balaban J connectivity index is 1.65. The molecular formula is C25H38O3. The maximum absolute atomic E-state index is 13.0. The minimum absolute atomic E-state index is 0.0455. The highest BCUT2D eigenvalue weighted by molar-refractivity contribution is 5.77. The van der Waals surface area contributed by atoms with Crippen LogP contribution in [0.25, 0.3) is 0 Å². The summed E-state index contributed by atoms with van der Waals surface area (Å²) in [6.45, 7) is 9.98. The quantitative estimate of drug-likeness (QED) is 0.481. The Morgan fingerprint density at radius 3 is 2.57 bits per heavy atom. The van der Waals surface area contributed by atoms with Crippen LogP contribution in [0.1, 0.15) is 85.5 Å². The van der Waals surface area contributed by atoms with Crippen LogP contribution < -0.4 is 0 Å². The molecule has 0 aromatic carbocycles. The lowest BCUT2D eigenvalue weighted by molar-refractivity contribution is -0.187. The van der Waals surface area contributed by atoms with Crippen molar-refractivity contribution in [2.45, 2.75) is 91.6 Å². The predicted molar refractivity (Wildman–Crippen MR) is 110 cm³/mol. The molecule has 0 aromatic rings. The molecule has 7 atom stereocenters. The topological polar surface area (TPSA) is 35.5 Å². The van der Waals surface area contributed by atoms with Gasteiger partial charge in [0.2, 0.25) is 0 Å². The van der Waals surface area contributed by atoms with Crippen molar-refractivity contribution in [3.8, 4) is 12.3 Å². The highest BCUT2D eigenvalue weighted by Gasteiger charge is 2.68. The number of rotatable bonds is 4. The summed E-state index contributed by atoms with van der Waals surface area (Å²) in [6, 6.07) is 0. The standard InChI is InChI=1S/C25H38O3/c1-6-15-28-20-16-25-14-10-18-23(4,19(25)9-13-22(20,3)17-25)11-8-12-24(18,5)21(26)27-7-2/h1,18-20H,7-17H2,2-5H3/t18-,19-,20+,22-,23+,24+,25-/m0/s1. The first-order valence-corrected chi connectivity index (χ1v) is 11.5. The average molecular weight is 387 g/mol. The number of hydrogen-bond acceptors (Lipinski definition) is 3. The SMILES string of the molecule is C#CCO[C@@H]1C[C@]23CC[C@H]4[C@@](C)(CCC[C@@]4(C)C(=O)OCC)[C@@H]2CC[C@@]1(C)C3. The Hall–Kier alpha value is -1.01. The van der Waals surface area contributed by atoms with E-state index in [2.05, 4.69) is 26.7 Å². The highest BCUT2D eigenvalue weighted by Crippen LogP contribution is 2.74. The van der Waals surface area contributed by atoms with E-state index in [1.807, 2.05) is 6.92 Å². The molecule has 1 spiro atoms. The molecule has 0 saturated heterocycles. The largest absolute Gasteiger partial charge is 0.466 e. The van der Waals surface area contributed by atoms with Gasteiger partial charge in [0, 0.05) is 0 Å². The van der Waals surface area contributed by atoms with Crippen LogP contribution in [0.2, 0.25) is 0 Å². The van der Waals surface area contributed by atoms with Crippen molar-refractivity contribution in [2.24, 2.45) is 33.5 Å². The summed E-state index contributed by atoms with van der Waals surface area (Å²) in [6.07, 6.45) is 16.5. The summed E-state index contributed by atoms with van der Waals surface area (Å²) in [5.74, 6) is 3.86. The first-order chi connectivity index (χ1) is 13.2. The molecule has 4 rings (SSSR count). The number of ether oxygens (including phenoxy) is 2. The van der Waals surface area contributed by atoms with E-state index in [9.17, 15) is 4.79 Å². The van der Waals surface area contributed by atoms with Crippen molar-refractivity contribution in [3.05, 3.63) is 0 Å². The third-order valence-electron chi connectivity index (χ3n) is 9.68. The number of esters is 1. The van der Waals surface area contributed by atoms with Gasteiger partial charge in [-0.05, 0) is 93.3 Å². The second-order valence-corrected chi connectivity index (χ2v) is 11.1. The van der Waals surface area contributed by atoms with Gasteiger partial charge in [0.25, 0.3) is 0 Å². The van der Waals surface area contributed by atoms with Crippen LogP contribution in [-0.2, 0) is 14.3 Å². The van der Waals surface area contributed by atoms with E-state index in [4.69, 9.17) is 15.9 Å². The summed E-state index contributed by atoms with van der Waals surface area (Å²) in [7, 11) is 0. The van der Waals surface area contributed by atoms with E-state index in [0.717, 1.165) is 25.7 Å². The van der Waals surface area contributed by atoms with Crippen molar-refractivity contribution in [3.63, 3.8) is 0 Å². The van der Waals surface area contributed by atoms with Crippen LogP contribution in [0.15, 0.2) is 0 Å². The smallest absolute Gasteiger partial charge is 0.312 e. The van der Waals surface area contributed by atoms with E-state index in [1.54, 1.807) is 0 Å². The number of terminal acetylenes is 1. The van der Waals surface area contributed by atoms with Crippen molar-refractivity contribution < 1.29 is 14.3 Å². The van der Waals surface area contributed by atoms with Crippen LogP contribution in [0.4, 0.5) is 0 Å². The molecule has 3 nitrogen and oxygen atoms in total. The molecule has 3 heteroatoms. The molecule has 4 saturated carbocycles. The van der Waals surface area contributed by atoms with Crippen LogP contribution in [-0.4, -0.2) is 25.3 Å².